The van der Waals surface area contributed by atoms with Gasteiger partial charge in [0.05, 0.1) is 0 Å². The third kappa shape index (κ3) is 4.93. The highest BCUT2D eigenvalue weighted by Gasteiger charge is 2.13. The van der Waals surface area contributed by atoms with Gasteiger partial charge in [0.25, 0.3) is 5.91 Å². The molecule has 0 atom stereocenters. The lowest BCUT2D eigenvalue weighted by atomic mass is 10.2. The molecule has 0 spiro atoms. The van der Waals surface area contributed by atoms with Gasteiger partial charge < -0.3 is 14.8 Å². The van der Waals surface area contributed by atoms with Crippen molar-refractivity contribution in [3.63, 3.8) is 0 Å². The van der Waals surface area contributed by atoms with Gasteiger partial charge in [0.1, 0.15) is 5.82 Å². The molecule has 3 rings (SSSR count). The summed E-state index contributed by atoms with van der Waals surface area (Å²) in [5.74, 6) is 0.631. The van der Waals surface area contributed by atoms with Crippen molar-refractivity contribution < 1.29 is 18.7 Å². The quantitative estimate of drug-likeness (QED) is 0.434. The molecule has 0 aromatic heterocycles. The number of carbonyl (C=O) groups excluding carboxylic acids is 1. The molecule has 2 aromatic carbocycles. The van der Waals surface area contributed by atoms with E-state index in [1.807, 2.05) is 18.2 Å². The van der Waals surface area contributed by atoms with Crippen LogP contribution in [-0.4, -0.2) is 17.8 Å². The van der Waals surface area contributed by atoms with Crippen LogP contribution >= 0.6 is 12.2 Å². The van der Waals surface area contributed by atoms with Crippen LogP contribution in [0.5, 0.6) is 11.5 Å². The molecule has 0 unspecified atom stereocenters. The molecule has 134 valence electrons. The van der Waals surface area contributed by atoms with Crippen LogP contribution < -0.4 is 25.6 Å². The number of hydrazine groups is 1. The first kappa shape index (κ1) is 17.7. The Morgan fingerprint density at radius 2 is 2.00 bits per heavy atom. The Hall–Kier alpha value is -3.13. The number of fused-ring (bicyclic) bond motifs is 1. The molecule has 0 saturated heterocycles. The summed E-state index contributed by atoms with van der Waals surface area (Å²) in [5, 5.41) is 3.22. The van der Waals surface area contributed by atoms with Gasteiger partial charge in [-0.05, 0) is 53.7 Å². The number of thiocarbonyl (C=S) groups is 1. The second kappa shape index (κ2) is 8.30. The van der Waals surface area contributed by atoms with Gasteiger partial charge in [0.2, 0.25) is 6.79 Å². The molecule has 3 N–H and O–H groups in total. The average Bonchev–Trinajstić information content (AvgIpc) is 3.11. The van der Waals surface area contributed by atoms with Crippen LogP contribution in [0.2, 0.25) is 0 Å². The molecule has 26 heavy (non-hydrogen) atoms. The third-order valence-electron chi connectivity index (χ3n) is 3.47. The maximum absolute atomic E-state index is 13.1. The number of rotatable bonds is 4. The van der Waals surface area contributed by atoms with Crippen molar-refractivity contribution >= 4 is 29.3 Å². The molecule has 0 bridgehead atoms. The van der Waals surface area contributed by atoms with Crippen molar-refractivity contribution in [3.05, 3.63) is 65.5 Å². The van der Waals surface area contributed by atoms with Crippen LogP contribution in [-0.2, 0) is 11.3 Å². The number of amides is 1. The molecule has 1 aliphatic rings. The van der Waals surface area contributed by atoms with Gasteiger partial charge >= 0.3 is 0 Å². The first-order chi connectivity index (χ1) is 12.6. The monoisotopic (exact) mass is 373 g/mol. The molecule has 0 fully saturated rings. The van der Waals surface area contributed by atoms with Crippen LogP contribution in [0.3, 0.4) is 0 Å². The first-order valence-corrected chi connectivity index (χ1v) is 8.17. The van der Waals surface area contributed by atoms with E-state index in [4.69, 9.17) is 21.7 Å². The van der Waals surface area contributed by atoms with Gasteiger partial charge in [0, 0.05) is 12.6 Å². The van der Waals surface area contributed by atoms with E-state index in [1.165, 1.54) is 24.3 Å². The number of hydrogen-bond acceptors (Lipinski definition) is 4. The zero-order valence-electron chi connectivity index (χ0n) is 13.6. The van der Waals surface area contributed by atoms with E-state index in [0.717, 1.165) is 5.56 Å². The Balaban J connectivity index is 1.41. The zero-order valence-corrected chi connectivity index (χ0v) is 14.4. The summed E-state index contributed by atoms with van der Waals surface area (Å²) in [5.41, 5.74) is 6.56. The van der Waals surface area contributed by atoms with Crippen LogP contribution in [0.4, 0.5) is 4.39 Å². The summed E-state index contributed by atoms with van der Waals surface area (Å²) in [6.45, 7) is 0.679. The van der Waals surface area contributed by atoms with E-state index in [2.05, 4.69) is 16.2 Å². The second-order valence-corrected chi connectivity index (χ2v) is 5.78. The number of nitrogens with one attached hydrogen (secondary N) is 3. The van der Waals surface area contributed by atoms with E-state index in [1.54, 1.807) is 12.1 Å². The molecular weight excluding hydrogens is 357 g/mol. The predicted molar refractivity (Wildman–Crippen MR) is 98.7 cm³/mol. The summed E-state index contributed by atoms with van der Waals surface area (Å²) in [4.78, 5) is 11.7. The lowest BCUT2D eigenvalue weighted by Gasteiger charge is -2.10. The molecule has 6 nitrogen and oxygen atoms in total. The van der Waals surface area contributed by atoms with Crippen molar-refractivity contribution in [1.29, 1.82) is 0 Å². The van der Waals surface area contributed by atoms with E-state index >= 15 is 0 Å². The standard InChI is InChI=1S/C18H16FN3O3S/c19-14-3-1-2-12(8-14)5-7-17(23)21-22-18(26)20-10-13-4-6-15-16(9-13)25-11-24-15/h1-9H,10-11H2,(H,21,23)(H2,20,22,26)/b7-5+. The topological polar surface area (TPSA) is 71.6 Å². The molecule has 1 aliphatic heterocycles. The minimum Gasteiger partial charge on any atom is -0.454 e. The number of halogens is 1. The number of carbonyl (C=O) groups is 1. The fourth-order valence-corrected chi connectivity index (χ4v) is 2.34. The summed E-state index contributed by atoms with van der Waals surface area (Å²) < 4.78 is 23.6. The lowest BCUT2D eigenvalue weighted by Crippen LogP contribution is -2.45. The average molecular weight is 373 g/mol. The molecule has 0 radical (unpaired) electrons. The fraction of sp³-hybridized carbons (Fsp3) is 0.111. The SMILES string of the molecule is O=C(/C=C/c1cccc(F)c1)NNC(=S)NCc1ccc2c(c1)OCO2. The second-order valence-electron chi connectivity index (χ2n) is 5.37. The van der Waals surface area contributed by atoms with Crippen LogP contribution in [0, 0.1) is 5.82 Å². The van der Waals surface area contributed by atoms with Crippen LogP contribution in [0.1, 0.15) is 11.1 Å². The van der Waals surface area contributed by atoms with Crippen LogP contribution in [0.25, 0.3) is 6.08 Å². The van der Waals surface area contributed by atoms with Crippen LogP contribution in [0.15, 0.2) is 48.5 Å². The minimum absolute atomic E-state index is 0.224. The third-order valence-corrected chi connectivity index (χ3v) is 3.71. The minimum atomic E-state index is -0.415. The van der Waals surface area contributed by atoms with Gasteiger partial charge in [-0.1, -0.05) is 18.2 Å². The molecule has 1 amide bonds. The molecule has 8 heteroatoms. The summed E-state index contributed by atoms with van der Waals surface area (Å²) in [6, 6.07) is 11.5. The summed E-state index contributed by atoms with van der Waals surface area (Å²) >= 11 is 5.10. The molecule has 0 aliphatic carbocycles. The van der Waals surface area contributed by atoms with Crippen molar-refractivity contribution in [3.8, 4) is 11.5 Å². The van der Waals surface area contributed by atoms with E-state index in [9.17, 15) is 9.18 Å². The van der Waals surface area contributed by atoms with Crippen molar-refractivity contribution in [2.75, 3.05) is 6.79 Å². The first-order valence-electron chi connectivity index (χ1n) is 7.76. The van der Waals surface area contributed by atoms with Gasteiger partial charge in [-0.25, -0.2) is 4.39 Å². The smallest absolute Gasteiger partial charge is 0.262 e. The Bertz CT molecular complexity index is 857. The van der Waals surface area contributed by atoms with E-state index in [0.29, 0.717) is 23.6 Å². The fourth-order valence-electron chi connectivity index (χ4n) is 2.22. The largest absolute Gasteiger partial charge is 0.454 e. The highest BCUT2D eigenvalue weighted by Crippen LogP contribution is 2.32. The molecule has 2 aromatic rings. The number of benzene rings is 2. The van der Waals surface area contributed by atoms with Gasteiger partial charge in [-0.15, -0.1) is 0 Å². The summed E-state index contributed by atoms with van der Waals surface area (Å²) in [6.07, 6.45) is 2.78. The maximum atomic E-state index is 13.1. The normalized spacial score (nSPS) is 12.0. The Labute approximate surface area is 155 Å². The molecular formula is C18H16FN3O3S. The predicted octanol–water partition coefficient (Wildman–Crippen LogP) is 2.26. The number of hydrogen-bond donors (Lipinski definition) is 3. The summed E-state index contributed by atoms with van der Waals surface area (Å²) in [7, 11) is 0. The maximum Gasteiger partial charge on any atom is 0.262 e. The molecule has 0 saturated carbocycles. The highest BCUT2D eigenvalue weighted by molar-refractivity contribution is 7.80. The van der Waals surface area contributed by atoms with Gasteiger partial charge in [-0.3, -0.25) is 15.6 Å². The zero-order chi connectivity index (χ0) is 18.4. The van der Waals surface area contributed by atoms with Gasteiger partial charge in [0.15, 0.2) is 16.6 Å². The Kier molecular flexibility index (Phi) is 5.65. The van der Waals surface area contributed by atoms with Crippen molar-refractivity contribution in [2.24, 2.45) is 0 Å². The van der Waals surface area contributed by atoms with Crippen molar-refractivity contribution in [2.45, 2.75) is 6.54 Å². The van der Waals surface area contributed by atoms with E-state index < -0.39 is 5.91 Å². The highest BCUT2D eigenvalue weighted by atomic mass is 32.1. The lowest BCUT2D eigenvalue weighted by molar-refractivity contribution is -0.116. The van der Waals surface area contributed by atoms with Crippen molar-refractivity contribution in [1.82, 2.24) is 16.2 Å². The van der Waals surface area contributed by atoms with E-state index in [-0.39, 0.29) is 17.7 Å². The Morgan fingerprint density at radius 3 is 2.85 bits per heavy atom. The van der Waals surface area contributed by atoms with Gasteiger partial charge in [-0.2, -0.15) is 0 Å². The molecule has 1 heterocycles. The Morgan fingerprint density at radius 1 is 1.15 bits per heavy atom. The number of ether oxygens (including phenoxy) is 2.